The summed E-state index contributed by atoms with van der Waals surface area (Å²) in [6.45, 7) is 13.9. The highest BCUT2D eigenvalue weighted by Gasteiger charge is 2.12. The minimum absolute atomic E-state index is 0.627. The van der Waals surface area contributed by atoms with Crippen LogP contribution in [0.25, 0.3) is 0 Å². The van der Waals surface area contributed by atoms with Crippen LogP contribution in [0.4, 0.5) is 0 Å². The molecule has 15 heavy (non-hydrogen) atoms. The molecule has 0 aliphatic rings. The Bertz CT molecular complexity index is 194. The zero-order valence-corrected chi connectivity index (χ0v) is 10.8. The second-order valence-corrected chi connectivity index (χ2v) is 4.25. The SMILES string of the molecule is C=C(/C=C\CC)CNC(CC)[C@@H](C)CC. The minimum Gasteiger partial charge on any atom is -0.310 e. The molecule has 0 saturated carbocycles. The van der Waals surface area contributed by atoms with Gasteiger partial charge in [0.05, 0.1) is 0 Å². The first kappa shape index (κ1) is 14.4. The van der Waals surface area contributed by atoms with E-state index in [0.717, 1.165) is 18.9 Å². The average molecular weight is 209 g/mol. The predicted molar refractivity (Wildman–Crippen MR) is 70.1 cm³/mol. The van der Waals surface area contributed by atoms with Crippen molar-refractivity contribution in [2.45, 2.75) is 53.0 Å². The van der Waals surface area contributed by atoms with Crippen LogP contribution in [0, 0.1) is 5.92 Å². The van der Waals surface area contributed by atoms with Crippen LogP contribution in [0.1, 0.15) is 47.0 Å². The molecular weight excluding hydrogens is 182 g/mol. The Morgan fingerprint density at radius 1 is 1.27 bits per heavy atom. The van der Waals surface area contributed by atoms with Crippen molar-refractivity contribution in [3.63, 3.8) is 0 Å². The van der Waals surface area contributed by atoms with Crippen molar-refractivity contribution in [3.05, 3.63) is 24.3 Å². The Hall–Kier alpha value is -0.560. The van der Waals surface area contributed by atoms with Crippen LogP contribution >= 0.6 is 0 Å². The predicted octanol–water partition coefficient (Wildman–Crippen LogP) is 3.92. The lowest BCUT2D eigenvalue weighted by atomic mass is 9.97. The van der Waals surface area contributed by atoms with Gasteiger partial charge in [-0.15, -0.1) is 0 Å². The van der Waals surface area contributed by atoms with E-state index < -0.39 is 0 Å². The van der Waals surface area contributed by atoms with E-state index in [4.69, 9.17) is 0 Å². The van der Waals surface area contributed by atoms with Gasteiger partial charge in [0.25, 0.3) is 0 Å². The van der Waals surface area contributed by atoms with Gasteiger partial charge in [-0.05, 0) is 24.3 Å². The van der Waals surface area contributed by atoms with Gasteiger partial charge in [-0.1, -0.05) is 52.8 Å². The third kappa shape index (κ3) is 6.51. The Balaban J connectivity index is 3.90. The molecule has 0 rings (SSSR count). The van der Waals surface area contributed by atoms with Crippen molar-refractivity contribution < 1.29 is 0 Å². The molecule has 0 bridgehead atoms. The van der Waals surface area contributed by atoms with Crippen LogP contribution in [0.5, 0.6) is 0 Å². The number of hydrogen-bond donors (Lipinski definition) is 1. The first-order valence-electron chi connectivity index (χ1n) is 6.23. The van der Waals surface area contributed by atoms with E-state index in [9.17, 15) is 0 Å². The molecule has 2 atom stereocenters. The van der Waals surface area contributed by atoms with Gasteiger partial charge in [-0.25, -0.2) is 0 Å². The summed E-state index contributed by atoms with van der Waals surface area (Å²) in [5.74, 6) is 0.748. The molecule has 0 aliphatic heterocycles. The van der Waals surface area contributed by atoms with E-state index in [1.165, 1.54) is 18.4 Å². The van der Waals surface area contributed by atoms with Crippen LogP contribution in [0.15, 0.2) is 24.3 Å². The third-order valence-electron chi connectivity index (χ3n) is 2.95. The minimum atomic E-state index is 0.627. The number of rotatable bonds is 8. The summed E-state index contributed by atoms with van der Waals surface area (Å²) >= 11 is 0. The molecule has 0 radical (unpaired) electrons. The fourth-order valence-electron chi connectivity index (χ4n) is 1.64. The van der Waals surface area contributed by atoms with Crippen molar-refractivity contribution in [2.24, 2.45) is 5.92 Å². The van der Waals surface area contributed by atoms with E-state index in [2.05, 4.69) is 51.7 Å². The highest BCUT2D eigenvalue weighted by atomic mass is 14.9. The zero-order chi connectivity index (χ0) is 11.7. The lowest BCUT2D eigenvalue weighted by molar-refractivity contribution is 0.368. The maximum atomic E-state index is 4.03. The summed E-state index contributed by atoms with van der Waals surface area (Å²) in [6.07, 6.45) is 7.80. The molecule has 0 spiro atoms. The van der Waals surface area contributed by atoms with Crippen molar-refractivity contribution in [1.29, 1.82) is 0 Å². The standard InChI is InChI=1S/C14H27N/c1-6-9-10-12(4)11-15-14(8-3)13(5)7-2/h9-10,13-15H,4,6-8,11H2,1-3,5H3/b10-9-/t13-,14?/m0/s1. The lowest BCUT2D eigenvalue weighted by Crippen LogP contribution is -2.35. The number of allylic oxidation sites excluding steroid dienone is 1. The van der Waals surface area contributed by atoms with Gasteiger partial charge >= 0.3 is 0 Å². The highest BCUT2D eigenvalue weighted by molar-refractivity contribution is 5.15. The van der Waals surface area contributed by atoms with Crippen LogP contribution in [0.2, 0.25) is 0 Å². The summed E-state index contributed by atoms with van der Waals surface area (Å²) in [7, 11) is 0. The Labute approximate surface area is 95.7 Å². The van der Waals surface area contributed by atoms with Crippen LogP contribution in [0.3, 0.4) is 0 Å². The van der Waals surface area contributed by atoms with E-state index >= 15 is 0 Å². The van der Waals surface area contributed by atoms with E-state index in [1.807, 2.05) is 0 Å². The first-order valence-corrected chi connectivity index (χ1v) is 6.23. The largest absolute Gasteiger partial charge is 0.310 e. The summed E-state index contributed by atoms with van der Waals surface area (Å²) in [5, 5.41) is 3.58. The normalized spacial score (nSPS) is 15.5. The summed E-state index contributed by atoms with van der Waals surface area (Å²) in [4.78, 5) is 0. The van der Waals surface area contributed by atoms with Crippen LogP contribution in [-0.2, 0) is 0 Å². The summed E-state index contributed by atoms with van der Waals surface area (Å²) < 4.78 is 0. The van der Waals surface area contributed by atoms with Gasteiger partial charge in [0, 0.05) is 12.6 Å². The topological polar surface area (TPSA) is 12.0 Å². The molecule has 1 heteroatoms. The molecule has 0 amide bonds. The summed E-state index contributed by atoms with van der Waals surface area (Å²) in [6, 6.07) is 0.627. The molecule has 0 saturated heterocycles. The number of nitrogens with one attached hydrogen (secondary N) is 1. The van der Waals surface area contributed by atoms with Gasteiger partial charge in [-0.2, -0.15) is 0 Å². The molecule has 0 aromatic carbocycles. The highest BCUT2D eigenvalue weighted by Crippen LogP contribution is 2.10. The smallest absolute Gasteiger partial charge is 0.0202 e. The van der Waals surface area contributed by atoms with Crippen LogP contribution in [-0.4, -0.2) is 12.6 Å². The van der Waals surface area contributed by atoms with Crippen molar-refractivity contribution in [3.8, 4) is 0 Å². The Kier molecular flexibility index (Phi) is 8.40. The first-order chi connectivity index (χ1) is 7.15. The van der Waals surface area contributed by atoms with Gasteiger partial charge in [0.15, 0.2) is 0 Å². The molecule has 0 fully saturated rings. The maximum absolute atomic E-state index is 4.03. The van der Waals surface area contributed by atoms with E-state index in [1.54, 1.807) is 0 Å². The van der Waals surface area contributed by atoms with Gasteiger partial charge < -0.3 is 5.32 Å². The molecule has 1 nitrogen and oxygen atoms in total. The molecule has 0 aromatic rings. The molecule has 88 valence electrons. The van der Waals surface area contributed by atoms with Crippen molar-refractivity contribution >= 4 is 0 Å². The third-order valence-corrected chi connectivity index (χ3v) is 2.95. The van der Waals surface area contributed by atoms with E-state index in [0.29, 0.717) is 6.04 Å². The van der Waals surface area contributed by atoms with Crippen molar-refractivity contribution in [1.82, 2.24) is 5.32 Å². The van der Waals surface area contributed by atoms with Gasteiger partial charge in [0.2, 0.25) is 0 Å². The molecular formula is C14H27N. The molecule has 0 aliphatic carbocycles. The van der Waals surface area contributed by atoms with Crippen LogP contribution < -0.4 is 5.32 Å². The quantitative estimate of drug-likeness (QED) is 0.597. The molecule has 0 aromatic heterocycles. The monoisotopic (exact) mass is 209 g/mol. The van der Waals surface area contributed by atoms with Gasteiger partial charge in [0.1, 0.15) is 0 Å². The second kappa shape index (κ2) is 8.72. The Morgan fingerprint density at radius 2 is 1.93 bits per heavy atom. The fourth-order valence-corrected chi connectivity index (χ4v) is 1.64. The molecule has 1 unspecified atom stereocenters. The van der Waals surface area contributed by atoms with Gasteiger partial charge in [-0.3, -0.25) is 0 Å². The molecule has 0 heterocycles. The number of hydrogen-bond acceptors (Lipinski definition) is 1. The Morgan fingerprint density at radius 3 is 2.40 bits per heavy atom. The molecule has 1 N–H and O–H groups in total. The lowest BCUT2D eigenvalue weighted by Gasteiger charge is -2.23. The maximum Gasteiger partial charge on any atom is 0.0202 e. The fraction of sp³-hybridized carbons (Fsp3) is 0.714. The summed E-state index contributed by atoms with van der Waals surface area (Å²) in [5.41, 5.74) is 1.18. The van der Waals surface area contributed by atoms with E-state index in [-0.39, 0.29) is 0 Å². The average Bonchev–Trinajstić information content (AvgIpc) is 2.26. The van der Waals surface area contributed by atoms with Crippen molar-refractivity contribution in [2.75, 3.05) is 6.54 Å². The second-order valence-electron chi connectivity index (χ2n) is 4.25. The zero-order valence-electron chi connectivity index (χ0n) is 10.8.